The van der Waals surface area contributed by atoms with E-state index in [1.54, 1.807) is 0 Å². The summed E-state index contributed by atoms with van der Waals surface area (Å²) < 4.78 is 0. The van der Waals surface area contributed by atoms with Crippen molar-refractivity contribution in [2.24, 2.45) is 0 Å². The zero-order valence-corrected chi connectivity index (χ0v) is 7.75. The number of aryl methyl sites for hydroxylation is 1. The molecule has 1 aliphatic heterocycles. The lowest BCUT2D eigenvalue weighted by atomic mass is 10.00. The molecule has 0 saturated carbocycles. The van der Waals surface area contributed by atoms with Gasteiger partial charge in [0, 0.05) is 18.5 Å². The molecule has 3 heteroatoms. The third kappa shape index (κ3) is 1.66. The van der Waals surface area contributed by atoms with Gasteiger partial charge in [0.15, 0.2) is 0 Å². The zero-order valence-electron chi connectivity index (χ0n) is 7.75. The van der Waals surface area contributed by atoms with Gasteiger partial charge in [-0.15, -0.1) is 0 Å². The first-order valence-electron chi connectivity index (χ1n) is 4.65. The van der Waals surface area contributed by atoms with Crippen molar-refractivity contribution in [1.82, 2.24) is 0 Å². The number of nitrogens with one attached hydrogen (secondary N) is 1. The second kappa shape index (κ2) is 3.62. The predicted octanol–water partition coefficient (Wildman–Crippen LogP) is 1.31. The Hall–Kier alpha value is -1.64. The molecule has 14 heavy (non-hydrogen) atoms. The number of hydrogen-bond donors (Lipinski definition) is 1. The maximum atomic E-state index is 11.1. The minimum atomic E-state index is 0.0563. The number of carbonyl (C=O) groups is 2. The van der Waals surface area contributed by atoms with Gasteiger partial charge in [-0.25, -0.2) is 0 Å². The third-order valence-corrected chi connectivity index (χ3v) is 2.39. The van der Waals surface area contributed by atoms with E-state index in [1.807, 2.05) is 18.2 Å². The molecule has 1 aromatic rings. The summed E-state index contributed by atoms with van der Waals surface area (Å²) in [6.07, 6.45) is 2.62. The molecule has 72 valence electrons. The molecule has 0 aromatic heterocycles. The van der Waals surface area contributed by atoms with Crippen LogP contribution in [0.2, 0.25) is 0 Å². The van der Waals surface area contributed by atoms with Crippen LogP contribution in [-0.2, 0) is 22.4 Å². The molecule has 1 aromatic carbocycles. The normalized spacial score (nSPS) is 14.4. The number of carbonyl (C=O) groups excluding carboxylic acids is 2. The molecule has 0 saturated heterocycles. The highest BCUT2D eigenvalue weighted by atomic mass is 16.1. The molecule has 1 heterocycles. The fourth-order valence-corrected chi connectivity index (χ4v) is 1.64. The first-order valence-corrected chi connectivity index (χ1v) is 4.65. The fraction of sp³-hybridized carbons (Fsp3) is 0.273. The maximum absolute atomic E-state index is 11.1. The van der Waals surface area contributed by atoms with Gasteiger partial charge in [-0.1, -0.05) is 12.1 Å². The van der Waals surface area contributed by atoms with E-state index in [1.165, 1.54) is 0 Å². The Balaban J connectivity index is 2.32. The first-order chi connectivity index (χ1) is 6.79. The number of amides is 1. The molecular formula is C11H11NO2. The Morgan fingerprint density at radius 1 is 1.36 bits per heavy atom. The van der Waals surface area contributed by atoms with E-state index in [0.29, 0.717) is 12.8 Å². The van der Waals surface area contributed by atoms with Gasteiger partial charge >= 0.3 is 0 Å². The van der Waals surface area contributed by atoms with E-state index in [0.717, 1.165) is 29.5 Å². The van der Waals surface area contributed by atoms with Crippen LogP contribution in [0.15, 0.2) is 18.2 Å². The Bertz CT molecular complexity index is 385. The molecule has 2 rings (SSSR count). The van der Waals surface area contributed by atoms with Gasteiger partial charge in [0.25, 0.3) is 0 Å². The van der Waals surface area contributed by atoms with Gasteiger partial charge in [-0.3, -0.25) is 4.79 Å². The second-order valence-corrected chi connectivity index (χ2v) is 3.41. The van der Waals surface area contributed by atoms with E-state index >= 15 is 0 Å². The van der Waals surface area contributed by atoms with Crippen molar-refractivity contribution in [1.29, 1.82) is 0 Å². The quantitative estimate of drug-likeness (QED) is 0.713. The van der Waals surface area contributed by atoms with E-state index in [9.17, 15) is 9.59 Å². The summed E-state index contributed by atoms with van der Waals surface area (Å²) >= 11 is 0. The number of aldehydes is 1. The van der Waals surface area contributed by atoms with Crippen LogP contribution in [0.4, 0.5) is 5.69 Å². The minimum Gasteiger partial charge on any atom is -0.326 e. The van der Waals surface area contributed by atoms with Crippen LogP contribution in [-0.4, -0.2) is 12.2 Å². The van der Waals surface area contributed by atoms with Crippen LogP contribution in [0.5, 0.6) is 0 Å². The lowest BCUT2D eigenvalue weighted by Crippen LogP contribution is -2.19. The van der Waals surface area contributed by atoms with Crippen molar-refractivity contribution < 1.29 is 9.59 Å². The Labute approximate surface area is 82.1 Å². The largest absolute Gasteiger partial charge is 0.326 e. The zero-order chi connectivity index (χ0) is 9.97. The number of benzene rings is 1. The maximum Gasteiger partial charge on any atom is 0.224 e. The number of fused-ring (bicyclic) bond motifs is 1. The van der Waals surface area contributed by atoms with Gasteiger partial charge in [0.05, 0.1) is 0 Å². The van der Waals surface area contributed by atoms with Gasteiger partial charge in [0.1, 0.15) is 6.29 Å². The molecular weight excluding hydrogens is 178 g/mol. The third-order valence-electron chi connectivity index (χ3n) is 2.39. The van der Waals surface area contributed by atoms with Gasteiger partial charge < -0.3 is 10.1 Å². The highest BCUT2D eigenvalue weighted by molar-refractivity contribution is 5.94. The Kier molecular flexibility index (Phi) is 2.31. The molecule has 0 aliphatic carbocycles. The summed E-state index contributed by atoms with van der Waals surface area (Å²) in [6.45, 7) is 0. The molecule has 0 atom stereocenters. The van der Waals surface area contributed by atoms with Crippen LogP contribution in [0.25, 0.3) is 0 Å². The average Bonchev–Trinajstić information content (AvgIpc) is 2.17. The number of anilines is 1. The molecule has 0 fully saturated rings. The van der Waals surface area contributed by atoms with Crippen LogP contribution < -0.4 is 5.32 Å². The molecule has 0 radical (unpaired) electrons. The highest BCUT2D eigenvalue weighted by Gasteiger charge is 2.14. The SMILES string of the molecule is O=CCc1ccc2c(c1)NC(=O)CC2. The summed E-state index contributed by atoms with van der Waals surface area (Å²) in [6, 6.07) is 5.79. The Morgan fingerprint density at radius 3 is 3.00 bits per heavy atom. The van der Waals surface area contributed by atoms with Crippen molar-refractivity contribution in [2.45, 2.75) is 19.3 Å². The molecule has 1 N–H and O–H groups in total. The average molecular weight is 189 g/mol. The Morgan fingerprint density at radius 2 is 2.21 bits per heavy atom. The molecule has 0 bridgehead atoms. The van der Waals surface area contributed by atoms with Crippen molar-refractivity contribution in [3.05, 3.63) is 29.3 Å². The second-order valence-electron chi connectivity index (χ2n) is 3.41. The summed E-state index contributed by atoms with van der Waals surface area (Å²) in [5.41, 5.74) is 2.96. The molecule has 0 unspecified atom stereocenters. The van der Waals surface area contributed by atoms with Crippen molar-refractivity contribution >= 4 is 17.9 Å². The molecule has 0 spiro atoms. The van der Waals surface area contributed by atoms with Gasteiger partial charge in [0.2, 0.25) is 5.91 Å². The topological polar surface area (TPSA) is 46.2 Å². The highest BCUT2D eigenvalue weighted by Crippen LogP contribution is 2.23. The van der Waals surface area contributed by atoms with Crippen LogP contribution in [0.3, 0.4) is 0 Å². The van der Waals surface area contributed by atoms with Crippen LogP contribution in [0.1, 0.15) is 17.5 Å². The molecule has 1 aliphatic rings. The standard InChI is InChI=1S/C11H11NO2/c13-6-5-8-1-2-9-3-4-11(14)12-10(9)7-8/h1-2,6-7H,3-5H2,(H,12,14). The smallest absolute Gasteiger partial charge is 0.224 e. The fourth-order valence-electron chi connectivity index (χ4n) is 1.64. The van der Waals surface area contributed by atoms with Crippen LogP contribution >= 0.6 is 0 Å². The molecule has 3 nitrogen and oxygen atoms in total. The van der Waals surface area contributed by atoms with E-state index in [-0.39, 0.29) is 5.91 Å². The minimum absolute atomic E-state index is 0.0563. The van der Waals surface area contributed by atoms with Crippen molar-refractivity contribution in [2.75, 3.05) is 5.32 Å². The van der Waals surface area contributed by atoms with E-state index in [2.05, 4.69) is 5.32 Å². The van der Waals surface area contributed by atoms with Crippen molar-refractivity contribution in [3.63, 3.8) is 0 Å². The summed E-state index contributed by atoms with van der Waals surface area (Å²) in [5, 5.41) is 2.80. The van der Waals surface area contributed by atoms with Gasteiger partial charge in [-0.05, 0) is 23.6 Å². The monoisotopic (exact) mass is 189 g/mol. The lowest BCUT2D eigenvalue weighted by molar-refractivity contribution is -0.116. The molecule has 1 amide bonds. The van der Waals surface area contributed by atoms with E-state index in [4.69, 9.17) is 0 Å². The summed E-state index contributed by atoms with van der Waals surface area (Å²) in [5.74, 6) is 0.0563. The number of rotatable bonds is 2. The number of hydrogen-bond acceptors (Lipinski definition) is 2. The van der Waals surface area contributed by atoms with Gasteiger partial charge in [-0.2, -0.15) is 0 Å². The van der Waals surface area contributed by atoms with E-state index < -0.39 is 0 Å². The summed E-state index contributed by atoms with van der Waals surface area (Å²) in [7, 11) is 0. The van der Waals surface area contributed by atoms with Crippen molar-refractivity contribution in [3.8, 4) is 0 Å². The predicted molar refractivity (Wildman–Crippen MR) is 53.2 cm³/mol. The van der Waals surface area contributed by atoms with Crippen LogP contribution in [0, 0.1) is 0 Å². The first kappa shape index (κ1) is 8.94. The lowest BCUT2D eigenvalue weighted by Gasteiger charge is -2.17. The summed E-state index contributed by atoms with van der Waals surface area (Å²) in [4.78, 5) is 21.4.